The van der Waals surface area contributed by atoms with Gasteiger partial charge in [-0.1, -0.05) is 12.1 Å². The fraction of sp³-hybridized carbons (Fsp3) is 0.444. The molecule has 0 unspecified atom stereocenters. The quantitative estimate of drug-likeness (QED) is 0.617. The zero-order valence-corrected chi connectivity index (χ0v) is 15.2. The van der Waals surface area contributed by atoms with Crippen LogP contribution in [0.3, 0.4) is 0 Å². The predicted molar refractivity (Wildman–Crippen MR) is 100 cm³/mol. The molecule has 2 N–H and O–H groups in total. The number of halogens is 2. The summed E-state index contributed by atoms with van der Waals surface area (Å²) in [6, 6.07) is 7.28. The summed E-state index contributed by atoms with van der Waals surface area (Å²) in [5.41, 5.74) is 0.818. The van der Waals surface area contributed by atoms with Gasteiger partial charge in [-0.3, -0.25) is 4.57 Å². The van der Waals surface area contributed by atoms with Crippen molar-refractivity contribution < 1.29 is 13.9 Å². The van der Waals surface area contributed by atoms with Crippen LogP contribution in [0.25, 0.3) is 0 Å². The Bertz CT molecular complexity index is 771. The summed E-state index contributed by atoms with van der Waals surface area (Å²) in [5.74, 6) is 1.18. The van der Waals surface area contributed by atoms with Crippen molar-refractivity contribution in [3.05, 3.63) is 42.5 Å². The Labute approximate surface area is 156 Å². The standard InChI is InChI=1S/C18H24F2N6O/c1-2-21-18(23-13-16-22-7-8-26(16)17(19)20)25-11-9-24(10-12-25)14-5-3-4-6-15(14)27/h3-8,17,27H,2,9-13H2,1H3,(H,21,23). The molecule has 1 aromatic heterocycles. The van der Waals surface area contributed by atoms with Gasteiger partial charge in [-0.05, 0) is 19.1 Å². The molecule has 2 aromatic rings. The van der Waals surface area contributed by atoms with Crippen molar-refractivity contribution in [2.75, 3.05) is 37.6 Å². The lowest BCUT2D eigenvalue weighted by Gasteiger charge is -2.37. The summed E-state index contributed by atoms with van der Waals surface area (Å²) in [6.07, 6.45) is 2.61. The third kappa shape index (κ3) is 4.47. The number of nitrogens with zero attached hydrogens (tertiary/aromatic N) is 5. The van der Waals surface area contributed by atoms with E-state index in [9.17, 15) is 13.9 Å². The van der Waals surface area contributed by atoms with Gasteiger partial charge in [0, 0.05) is 45.1 Å². The highest BCUT2D eigenvalue weighted by molar-refractivity contribution is 5.80. The largest absolute Gasteiger partial charge is 0.506 e. The van der Waals surface area contributed by atoms with Gasteiger partial charge in [0.05, 0.1) is 5.69 Å². The third-order valence-electron chi connectivity index (χ3n) is 4.47. The Morgan fingerprint density at radius 1 is 1.26 bits per heavy atom. The average molecular weight is 378 g/mol. The van der Waals surface area contributed by atoms with Gasteiger partial charge in [0.15, 0.2) is 5.96 Å². The van der Waals surface area contributed by atoms with Crippen molar-refractivity contribution >= 4 is 11.6 Å². The summed E-state index contributed by atoms with van der Waals surface area (Å²) in [7, 11) is 0. The number of hydrogen-bond donors (Lipinski definition) is 2. The summed E-state index contributed by atoms with van der Waals surface area (Å²) >= 11 is 0. The van der Waals surface area contributed by atoms with Crippen LogP contribution in [0.4, 0.5) is 14.5 Å². The van der Waals surface area contributed by atoms with Crippen molar-refractivity contribution in [1.82, 2.24) is 19.8 Å². The molecule has 1 aliphatic rings. The van der Waals surface area contributed by atoms with E-state index in [1.165, 1.54) is 12.4 Å². The SMILES string of the molecule is CCNC(=NCc1nccn1C(F)F)N1CCN(c2ccccc2O)CC1. The minimum atomic E-state index is -2.62. The van der Waals surface area contributed by atoms with E-state index in [0.29, 0.717) is 25.6 Å². The maximum absolute atomic E-state index is 12.9. The molecule has 0 saturated carbocycles. The van der Waals surface area contributed by atoms with Crippen LogP contribution in [0, 0.1) is 0 Å². The molecule has 146 valence electrons. The van der Waals surface area contributed by atoms with Crippen LogP contribution in [-0.2, 0) is 6.54 Å². The Hall–Kier alpha value is -2.84. The van der Waals surface area contributed by atoms with Crippen molar-refractivity contribution in [2.24, 2.45) is 4.99 Å². The number of imidazole rings is 1. The first-order valence-electron chi connectivity index (χ1n) is 8.96. The van der Waals surface area contributed by atoms with E-state index in [2.05, 4.69) is 25.1 Å². The number of phenols is 1. The molecule has 3 rings (SSSR count). The number of anilines is 1. The molecule has 1 saturated heterocycles. The zero-order valence-electron chi connectivity index (χ0n) is 15.2. The summed E-state index contributed by atoms with van der Waals surface area (Å²) in [6.45, 7) is 2.99. The van der Waals surface area contributed by atoms with Gasteiger partial charge < -0.3 is 20.2 Å². The maximum Gasteiger partial charge on any atom is 0.319 e. The molecule has 0 radical (unpaired) electrons. The highest BCUT2D eigenvalue weighted by atomic mass is 19.3. The first-order valence-corrected chi connectivity index (χ1v) is 8.96. The molecule has 0 aliphatic carbocycles. The van der Waals surface area contributed by atoms with Gasteiger partial charge in [0.1, 0.15) is 18.1 Å². The van der Waals surface area contributed by atoms with Crippen molar-refractivity contribution in [2.45, 2.75) is 20.0 Å². The number of phenolic OH excluding ortho intramolecular Hbond substituents is 1. The summed E-state index contributed by atoms with van der Waals surface area (Å²) in [5, 5.41) is 13.2. The van der Waals surface area contributed by atoms with Crippen molar-refractivity contribution in [1.29, 1.82) is 0 Å². The van der Waals surface area contributed by atoms with Crippen LogP contribution in [0.15, 0.2) is 41.7 Å². The van der Waals surface area contributed by atoms with Crippen LogP contribution >= 0.6 is 0 Å². The number of nitrogens with one attached hydrogen (secondary N) is 1. The number of aromatic nitrogens is 2. The number of aromatic hydroxyl groups is 1. The fourth-order valence-electron chi connectivity index (χ4n) is 3.11. The maximum atomic E-state index is 12.9. The first kappa shape index (κ1) is 18.9. The monoisotopic (exact) mass is 378 g/mol. The lowest BCUT2D eigenvalue weighted by molar-refractivity contribution is 0.0671. The number of para-hydroxylation sites is 2. The van der Waals surface area contributed by atoms with Gasteiger partial charge >= 0.3 is 6.55 Å². The Balaban J connectivity index is 1.66. The highest BCUT2D eigenvalue weighted by Gasteiger charge is 2.21. The smallest absolute Gasteiger partial charge is 0.319 e. The van der Waals surface area contributed by atoms with Gasteiger partial charge in [0.25, 0.3) is 0 Å². The van der Waals surface area contributed by atoms with Gasteiger partial charge in [-0.2, -0.15) is 8.78 Å². The molecule has 7 nitrogen and oxygen atoms in total. The molecule has 9 heteroatoms. The normalized spacial score (nSPS) is 15.5. The highest BCUT2D eigenvalue weighted by Crippen LogP contribution is 2.27. The van der Waals surface area contributed by atoms with E-state index in [4.69, 9.17) is 0 Å². The van der Waals surface area contributed by atoms with E-state index < -0.39 is 6.55 Å². The first-order chi connectivity index (χ1) is 13.1. The molecular formula is C18H24F2N6O. The van der Waals surface area contributed by atoms with Crippen LogP contribution in [0.2, 0.25) is 0 Å². The molecule has 0 amide bonds. The van der Waals surface area contributed by atoms with E-state index in [-0.39, 0.29) is 18.1 Å². The third-order valence-corrected chi connectivity index (χ3v) is 4.47. The zero-order chi connectivity index (χ0) is 19.2. The molecule has 27 heavy (non-hydrogen) atoms. The Morgan fingerprint density at radius 3 is 2.67 bits per heavy atom. The number of hydrogen-bond acceptors (Lipinski definition) is 4. The molecule has 0 spiro atoms. The summed E-state index contributed by atoms with van der Waals surface area (Å²) < 4.78 is 26.7. The molecule has 1 aliphatic heterocycles. The van der Waals surface area contributed by atoms with Gasteiger partial charge in [-0.25, -0.2) is 9.98 Å². The second-order valence-electron chi connectivity index (χ2n) is 6.16. The molecular weight excluding hydrogens is 354 g/mol. The Kier molecular flexibility index (Phi) is 6.10. The fourth-order valence-corrected chi connectivity index (χ4v) is 3.11. The molecule has 2 heterocycles. The van der Waals surface area contributed by atoms with Crippen molar-refractivity contribution in [3.8, 4) is 5.75 Å². The second-order valence-corrected chi connectivity index (χ2v) is 6.16. The number of benzene rings is 1. The minimum absolute atomic E-state index is 0.0827. The molecule has 1 fully saturated rings. The number of aliphatic imine (C=N–C) groups is 1. The van der Waals surface area contributed by atoms with Crippen LogP contribution in [-0.4, -0.2) is 58.2 Å². The average Bonchev–Trinajstić information content (AvgIpc) is 3.15. The van der Waals surface area contributed by atoms with Crippen LogP contribution in [0.5, 0.6) is 5.75 Å². The van der Waals surface area contributed by atoms with E-state index in [1.54, 1.807) is 12.1 Å². The molecule has 1 aromatic carbocycles. The van der Waals surface area contributed by atoms with E-state index >= 15 is 0 Å². The lowest BCUT2D eigenvalue weighted by Crippen LogP contribution is -2.52. The number of rotatable bonds is 5. The Morgan fingerprint density at radius 2 is 2.00 bits per heavy atom. The van der Waals surface area contributed by atoms with Crippen LogP contribution in [0.1, 0.15) is 19.3 Å². The minimum Gasteiger partial charge on any atom is -0.506 e. The van der Waals surface area contributed by atoms with Crippen LogP contribution < -0.4 is 10.2 Å². The number of guanidine groups is 1. The van der Waals surface area contributed by atoms with Gasteiger partial charge in [-0.15, -0.1) is 0 Å². The van der Waals surface area contributed by atoms with Gasteiger partial charge in [0.2, 0.25) is 0 Å². The summed E-state index contributed by atoms with van der Waals surface area (Å²) in [4.78, 5) is 12.7. The second kappa shape index (κ2) is 8.70. The van der Waals surface area contributed by atoms with Crippen molar-refractivity contribution in [3.63, 3.8) is 0 Å². The van der Waals surface area contributed by atoms with E-state index in [1.807, 2.05) is 19.1 Å². The number of alkyl halides is 2. The topological polar surface area (TPSA) is 68.9 Å². The predicted octanol–water partition coefficient (Wildman–Crippen LogP) is 2.27. The van der Waals surface area contributed by atoms with E-state index in [0.717, 1.165) is 23.3 Å². The molecule has 0 bridgehead atoms. The lowest BCUT2D eigenvalue weighted by atomic mass is 10.2. The number of piperazine rings is 1. The molecule has 0 atom stereocenters.